The molecule has 7 rings (SSSR count). The predicted molar refractivity (Wildman–Crippen MR) is 148 cm³/mol. The fourth-order valence-electron chi connectivity index (χ4n) is 8.18. The first-order valence-corrected chi connectivity index (χ1v) is 13.8. The molecule has 5 aliphatic rings. The monoisotopic (exact) mass is 492 g/mol. The summed E-state index contributed by atoms with van der Waals surface area (Å²) in [5, 5.41) is 13.4. The van der Waals surface area contributed by atoms with Crippen molar-refractivity contribution < 1.29 is 0 Å². The summed E-state index contributed by atoms with van der Waals surface area (Å²) in [6, 6.07) is 16.4. The van der Waals surface area contributed by atoms with Gasteiger partial charge >= 0.3 is 0 Å². The van der Waals surface area contributed by atoms with E-state index in [1.165, 1.54) is 28.1 Å². The molecule has 1 fully saturated rings. The Morgan fingerprint density at radius 2 is 1.68 bits per heavy atom. The van der Waals surface area contributed by atoms with Crippen LogP contribution in [0.15, 0.2) is 61.2 Å². The van der Waals surface area contributed by atoms with Crippen LogP contribution >= 0.6 is 0 Å². The third-order valence-electron chi connectivity index (χ3n) is 9.96. The standard InChI is InChI=1S/C31H36N6/c1-5-31(6-2)28(23-15-20(18-32)7-9-27(23)37-14-12-35(4)30(31)37)24-17-22-16-21(25-19-33-25)8-10-26(22)36-13-11-34(3)29(24)36/h7-16,24-25,28-30,33H,5-6,17,19H2,1-4H3. The average Bonchev–Trinajstić information content (AvgIpc) is 3.60. The Bertz CT molecular complexity index is 1350. The van der Waals surface area contributed by atoms with Crippen molar-refractivity contribution in [1.82, 2.24) is 15.1 Å². The number of hydrogen-bond acceptors (Lipinski definition) is 6. The number of nitrogens with one attached hydrogen (secondary N) is 1. The fourth-order valence-corrected chi connectivity index (χ4v) is 8.18. The molecule has 37 heavy (non-hydrogen) atoms. The minimum atomic E-state index is 0.0340. The van der Waals surface area contributed by atoms with E-state index >= 15 is 0 Å². The highest BCUT2D eigenvalue weighted by atomic mass is 15.4. The summed E-state index contributed by atoms with van der Waals surface area (Å²) in [6.45, 7) is 5.83. The molecule has 0 saturated carbocycles. The van der Waals surface area contributed by atoms with E-state index in [9.17, 15) is 5.26 Å². The lowest BCUT2D eigenvalue weighted by atomic mass is 9.57. The molecular weight excluding hydrogens is 456 g/mol. The molecule has 5 heterocycles. The number of fused-ring (bicyclic) bond motifs is 6. The molecule has 190 valence electrons. The van der Waals surface area contributed by atoms with Crippen molar-refractivity contribution in [3.63, 3.8) is 0 Å². The van der Waals surface area contributed by atoms with Gasteiger partial charge in [0.25, 0.3) is 0 Å². The highest BCUT2D eigenvalue weighted by molar-refractivity contribution is 5.67. The molecule has 0 spiro atoms. The van der Waals surface area contributed by atoms with Crippen molar-refractivity contribution in [1.29, 1.82) is 5.26 Å². The van der Waals surface area contributed by atoms with Crippen LogP contribution in [-0.4, -0.2) is 42.8 Å². The van der Waals surface area contributed by atoms with Gasteiger partial charge in [0.05, 0.1) is 11.6 Å². The average molecular weight is 493 g/mol. The Morgan fingerprint density at radius 1 is 0.946 bits per heavy atom. The zero-order valence-corrected chi connectivity index (χ0v) is 22.2. The third-order valence-corrected chi connectivity index (χ3v) is 9.96. The SMILES string of the molecule is CCC1(CC)C(C2Cc3cc(C4CN4)ccc3N3C=CN(C)C23)c2cc(C#N)ccc2N2C=CN(C)C21. The van der Waals surface area contributed by atoms with Gasteiger partial charge in [0.15, 0.2) is 0 Å². The van der Waals surface area contributed by atoms with Crippen LogP contribution in [0, 0.1) is 22.7 Å². The summed E-state index contributed by atoms with van der Waals surface area (Å²) in [7, 11) is 4.46. The van der Waals surface area contributed by atoms with Crippen LogP contribution in [0.4, 0.5) is 11.4 Å². The number of anilines is 2. The maximum absolute atomic E-state index is 9.90. The minimum Gasteiger partial charge on any atom is -0.358 e. The zero-order valence-electron chi connectivity index (χ0n) is 22.2. The molecule has 0 aliphatic carbocycles. The van der Waals surface area contributed by atoms with Crippen LogP contribution in [0.25, 0.3) is 0 Å². The van der Waals surface area contributed by atoms with E-state index in [2.05, 4.69) is 114 Å². The van der Waals surface area contributed by atoms with Gasteiger partial charge in [0.2, 0.25) is 0 Å². The summed E-state index contributed by atoms with van der Waals surface area (Å²) < 4.78 is 0. The van der Waals surface area contributed by atoms with E-state index in [1.54, 1.807) is 0 Å². The van der Waals surface area contributed by atoms with Gasteiger partial charge < -0.3 is 24.9 Å². The van der Waals surface area contributed by atoms with E-state index in [0.29, 0.717) is 17.9 Å². The van der Waals surface area contributed by atoms with Crippen molar-refractivity contribution in [3.05, 3.63) is 83.5 Å². The number of benzene rings is 2. The summed E-state index contributed by atoms with van der Waals surface area (Å²) in [5.74, 6) is 0.679. The molecule has 6 nitrogen and oxygen atoms in total. The molecule has 2 aromatic rings. The third kappa shape index (κ3) is 3.07. The Labute approximate surface area is 220 Å². The first kappa shape index (κ1) is 22.7. The van der Waals surface area contributed by atoms with E-state index in [4.69, 9.17) is 0 Å². The Hall–Kier alpha value is -3.43. The van der Waals surface area contributed by atoms with Crippen molar-refractivity contribution in [2.24, 2.45) is 11.3 Å². The molecule has 0 radical (unpaired) electrons. The van der Waals surface area contributed by atoms with E-state index < -0.39 is 0 Å². The molecule has 5 unspecified atom stereocenters. The second kappa shape index (κ2) is 8.03. The van der Waals surface area contributed by atoms with Gasteiger partial charge in [-0.1, -0.05) is 26.0 Å². The summed E-state index contributed by atoms with van der Waals surface area (Å²) in [4.78, 5) is 9.82. The molecule has 1 saturated heterocycles. The Kier molecular flexibility index (Phi) is 4.94. The lowest BCUT2D eigenvalue weighted by Crippen LogP contribution is -2.61. The second-order valence-corrected chi connectivity index (χ2v) is 11.5. The molecule has 1 N–H and O–H groups in total. The first-order chi connectivity index (χ1) is 18.0. The number of nitrogens with zero attached hydrogens (tertiary/aromatic N) is 5. The topological polar surface area (TPSA) is 58.7 Å². The summed E-state index contributed by atoms with van der Waals surface area (Å²) >= 11 is 0. The van der Waals surface area contributed by atoms with Crippen molar-refractivity contribution in [3.8, 4) is 6.07 Å². The Balaban J connectivity index is 1.44. The number of rotatable bonds is 4. The summed E-state index contributed by atoms with van der Waals surface area (Å²) in [6.07, 6.45) is 12.7. The van der Waals surface area contributed by atoms with Crippen molar-refractivity contribution in [2.45, 2.75) is 57.4 Å². The van der Waals surface area contributed by atoms with Crippen molar-refractivity contribution >= 4 is 11.4 Å². The van der Waals surface area contributed by atoms with Crippen LogP contribution in [0.5, 0.6) is 0 Å². The van der Waals surface area contributed by atoms with Gasteiger partial charge in [-0.05, 0) is 60.2 Å². The molecular formula is C31H36N6. The van der Waals surface area contributed by atoms with Gasteiger partial charge in [0.1, 0.15) is 12.3 Å². The molecule has 0 amide bonds. The van der Waals surface area contributed by atoms with Crippen LogP contribution < -0.4 is 15.1 Å². The lowest BCUT2D eigenvalue weighted by Gasteiger charge is -2.59. The van der Waals surface area contributed by atoms with E-state index in [0.717, 1.165) is 31.4 Å². The van der Waals surface area contributed by atoms with Crippen LogP contribution in [0.3, 0.4) is 0 Å². The normalized spacial score (nSPS) is 30.1. The highest BCUT2D eigenvalue weighted by Crippen LogP contribution is 2.61. The second-order valence-electron chi connectivity index (χ2n) is 11.5. The van der Waals surface area contributed by atoms with E-state index in [-0.39, 0.29) is 17.7 Å². The minimum absolute atomic E-state index is 0.0340. The molecule has 6 heteroatoms. The first-order valence-electron chi connectivity index (χ1n) is 13.8. The molecule has 5 aliphatic heterocycles. The van der Waals surface area contributed by atoms with Gasteiger partial charge in [-0.3, -0.25) is 0 Å². The predicted octanol–water partition coefficient (Wildman–Crippen LogP) is 5.08. The van der Waals surface area contributed by atoms with Crippen LogP contribution in [-0.2, 0) is 6.42 Å². The molecule has 2 aromatic carbocycles. The zero-order chi connectivity index (χ0) is 25.5. The molecule has 0 aromatic heterocycles. The van der Waals surface area contributed by atoms with Crippen LogP contribution in [0.2, 0.25) is 0 Å². The van der Waals surface area contributed by atoms with Crippen molar-refractivity contribution in [2.75, 3.05) is 30.4 Å². The molecule has 5 atom stereocenters. The number of nitriles is 1. The van der Waals surface area contributed by atoms with Gasteiger partial charge in [-0.15, -0.1) is 0 Å². The smallest absolute Gasteiger partial charge is 0.111 e. The lowest BCUT2D eigenvalue weighted by molar-refractivity contribution is 0.0282. The van der Waals surface area contributed by atoms with Gasteiger partial charge in [-0.25, -0.2) is 0 Å². The maximum Gasteiger partial charge on any atom is 0.111 e. The Morgan fingerprint density at radius 3 is 2.41 bits per heavy atom. The highest BCUT2D eigenvalue weighted by Gasteiger charge is 2.58. The molecule has 0 bridgehead atoms. The summed E-state index contributed by atoms with van der Waals surface area (Å²) in [5.41, 5.74) is 7.59. The van der Waals surface area contributed by atoms with Gasteiger partial charge in [0, 0.05) is 80.1 Å². The fraction of sp³-hybridized carbons (Fsp3) is 0.452. The quantitative estimate of drug-likeness (QED) is 0.601. The van der Waals surface area contributed by atoms with Gasteiger partial charge in [-0.2, -0.15) is 5.26 Å². The largest absolute Gasteiger partial charge is 0.358 e. The number of hydrogen-bond donors (Lipinski definition) is 1. The van der Waals surface area contributed by atoms with E-state index in [1.807, 2.05) is 6.07 Å². The maximum atomic E-state index is 9.90. The van der Waals surface area contributed by atoms with Crippen LogP contribution in [0.1, 0.15) is 60.9 Å².